The maximum absolute atomic E-state index is 9.37. The summed E-state index contributed by atoms with van der Waals surface area (Å²) in [5, 5.41) is 18.2. The number of hydrogen-bond acceptors (Lipinski definition) is 8. The van der Waals surface area contributed by atoms with Gasteiger partial charge in [-0.1, -0.05) is 12.2 Å². The zero-order valence-electron chi connectivity index (χ0n) is 16.1. The molecule has 2 N–H and O–H groups in total. The molecule has 0 amide bonds. The van der Waals surface area contributed by atoms with Crippen molar-refractivity contribution in [3.63, 3.8) is 0 Å². The van der Waals surface area contributed by atoms with Gasteiger partial charge in [-0.05, 0) is 30.6 Å². The summed E-state index contributed by atoms with van der Waals surface area (Å²) in [6, 6.07) is 0. The van der Waals surface area contributed by atoms with Crippen molar-refractivity contribution < 1.29 is 34.2 Å². The molecule has 0 radical (unpaired) electrons. The van der Waals surface area contributed by atoms with Gasteiger partial charge < -0.3 is 24.1 Å². The predicted octanol–water partition coefficient (Wildman–Crippen LogP) is 1.18. The molecule has 5 atom stereocenters. The van der Waals surface area contributed by atoms with E-state index in [1.165, 1.54) is 12.8 Å². The third kappa shape index (κ3) is 8.35. The molecule has 0 aromatic rings. The second kappa shape index (κ2) is 13.3. The molecule has 0 spiro atoms. The lowest BCUT2D eigenvalue weighted by molar-refractivity contribution is -0.297. The summed E-state index contributed by atoms with van der Waals surface area (Å²) in [5.41, 5.74) is 0. The Balaban J connectivity index is 1.47. The molecule has 0 aromatic heterocycles. The number of aliphatic hydroxyl groups is 1. The lowest BCUT2D eigenvalue weighted by Crippen LogP contribution is -2.32. The first-order valence-electron chi connectivity index (χ1n) is 9.61. The van der Waals surface area contributed by atoms with Crippen LogP contribution in [0.2, 0.25) is 0 Å². The van der Waals surface area contributed by atoms with Gasteiger partial charge in [0.1, 0.15) is 12.2 Å². The minimum Gasteiger partial charge on any atom is -0.394 e. The highest BCUT2D eigenvalue weighted by Gasteiger charge is 2.35. The molecule has 1 fully saturated rings. The number of nitrogens with zero attached hydrogens (tertiary/aromatic N) is 1. The molecule has 2 aliphatic carbocycles. The van der Waals surface area contributed by atoms with Gasteiger partial charge in [-0.25, -0.2) is 4.89 Å². The summed E-state index contributed by atoms with van der Waals surface area (Å²) in [5.74, 6) is 2.11. The van der Waals surface area contributed by atoms with Gasteiger partial charge in [0.15, 0.2) is 0 Å². The van der Waals surface area contributed by atoms with Crippen LogP contribution in [0.5, 0.6) is 0 Å². The number of allylic oxidation sites excluding steroid dienone is 2. The first kappa shape index (κ1) is 22.4. The third-order valence-corrected chi connectivity index (χ3v) is 4.97. The van der Waals surface area contributed by atoms with E-state index in [4.69, 9.17) is 24.2 Å². The van der Waals surface area contributed by atoms with Crippen LogP contribution in [0.1, 0.15) is 12.8 Å². The zero-order valence-corrected chi connectivity index (χ0v) is 16.1. The van der Waals surface area contributed by atoms with Crippen molar-refractivity contribution in [2.75, 3.05) is 59.9 Å². The van der Waals surface area contributed by atoms with Gasteiger partial charge in [-0.3, -0.25) is 10.2 Å². The SMILES string of the molecule is C/N=C/COCC(COC(CO)COCCOCC1CC2C=CC1C2)OO. The molecule has 2 aliphatic rings. The maximum Gasteiger partial charge on any atom is 0.139 e. The molecule has 0 aromatic carbocycles. The van der Waals surface area contributed by atoms with Crippen molar-refractivity contribution in [3.8, 4) is 0 Å². The molecule has 2 bridgehead atoms. The Bertz CT molecular complexity index is 446. The van der Waals surface area contributed by atoms with Gasteiger partial charge in [-0.15, -0.1) is 0 Å². The van der Waals surface area contributed by atoms with Crippen LogP contribution in [0, 0.1) is 17.8 Å². The highest BCUT2D eigenvalue weighted by Crippen LogP contribution is 2.43. The Morgan fingerprint density at radius 3 is 2.56 bits per heavy atom. The Hall–Kier alpha value is -0.870. The van der Waals surface area contributed by atoms with Gasteiger partial charge in [0.2, 0.25) is 0 Å². The minimum absolute atomic E-state index is 0.0859. The summed E-state index contributed by atoms with van der Waals surface area (Å²) in [4.78, 5) is 8.10. The molecule has 8 heteroatoms. The van der Waals surface area contributed by atoms with E-state index in [9.17, 15) is 5.11 Å². The molecule has 0 saturated heterocycles. The molecular formula is C19H33NO7. The first-order chi connectivity index (χ1) is 13.3. The molecule has 1 saturated carbocycles. The molecule has 0 aliphatic heterocycles. The molecule has 5 unspecified atom stereocenters. The molecule has 156 valence electrons. The second-order valence-electron chi connectivity index (χ2n) is 7.03. The smallest absolute Gasteiger partial charge is 0.139 e. The molecule has 8 nitrogen and oxygen atoms in total. The first-order valence-corrected chi connectivity index (χ1v) is 9.61. The van der Waals surface area contributed by atoms with Crippen LogP contribution < -0.4 is 0 Å². The van der Waals surface area contributed by atoms with E-state index < -0.39 is 12.2 Å². The van der Waals surface area contributed by atoms with E-state index >= 15 is 0 Å². The summed E-state index contributed by atoms with van der Waals surface area (Å²) in [6.07, 6.45) is 7.67. The van der Waals surface area contributed by atoms with Crippen LogP contribution >= 0.6 is 0 Å². The van der Waals surface area contributed by atoms with Crippen LogP contribution in [0.15, 0.2) is 17.1 Å². The predicted molar refractivity (Wildman–Crippen MR) is 100 cm³/mol. The van der Waals surface area contributed by atoms with E-state index in [0.717, 1.165) is 12.5 Å². The Morgan fingerprint density at radius 2 is 1.89 bits per heavy atom. The van der Waals surface area contributed by atoms with E-state index in [-0.39, 0.29) is 26.4 Å². The number of aliphatic hydroxyl groups excluding tert-OH is 1. The van der Waals surface area contributed by atoms with Crippen LogP contribution in [0.3, 0.4) is 0 Å². The van der Waals surface area contributed by atoms with Crippen molar-refractivity contribution in [1.82, 2.24) is 0 Å². The molecule has 0 heterocycles. The van der Waals surface area contributed by atoms with Gasteiger partial charge in [0, 0.05) is 13.3 Å². The summed E-state index contributed by atoms with van der Waals surface area (Å²) >= 11 is 0. The van der Waals surface area contributed by atoms with Gasteiger partial charge >= 0.3 is 0 Å². The molecule has 27 heavy (non-hydrogen) atoms. The maximum atomic E-state index is 9.37. The fraction of sp³-hybridized carbons (Fsp3) is 0.842. The largest absolute Gasteiger partial charge is 0.394 e. The summed E-state index contributed by atoms with van der Waals surface area (Å²) in [7, 11) is 1.65. The van der Waals surface area contributed by atoms with Crippen LogP contribution in [0.25, 0.3) is 0 Å². The highest BCUT2D eigenvalue weighted by atomic mass is 17.1. The van der Waals surface area contributed by atoms with Crippen molar-refractivity contribution >= 4 is 6.21 Å². The van der Waals surface area contributed by atoms with Crippen molar-refractivity contribution in [2.24, 2.45) is 22.7 Å². The summed E-state index contributed by atoms with van der Waals surface area (Å²) < 4.78 is 22.0. The Labute approximate surface area is 161 Å². The third-order valence-electron chi connectivity index (χ3n) is 4.97. The lowest BCUT2D eigenvalue weighted by Gasteiger charge is -2.20. The fourth-order valence-corrected chi connectivity index (χ4v) is 3.49. The Morgan fingerprint density at radius 1 is 1.07 bits per heavy atom. The van der Waals surface area contributed by atoms with Crippen LogP contribution in [0.4, 0.5) is 0 Å². The van der Waals surface area contributed by atoms with Gasteiger partial charge in [0.25, 0.3) is 0 Å². The number of fused-ring (bicyclic) bond motifs is 2. The molecule has 2 rings (SSSR count). The average Bonchev–Trinajstić information content (AvgIpc) is 3.31. The molecular weight excluding hydrogens is 354 g/mol. The van der Waals surface area contributed by atoms with Gasteiger partial charge in [0.05, 0.1) is 52.9 Å². The standard InChI is InChI=1S/C19H33NO7/c1-20-4-5-23-13-19(27-22)14-26-18(10-21)12-25-7-6-24-11-17-9-15-2-3-16(17)8-15/h2-4,15-19,21-22H,5-14H2,1H3/b20-4+. The highest BCUT2D eigenvalue weighted by molar-refractivity contribution is 5.58. The second-order valence-corrected chi connectivity index (χ2v) is 7.03. The zero-order chi connectivity index (χ0) is 19.3. The minimum atomic E-state index is -0.636. The van der Waals surface area contributed by atoms with Crippen LogP contribution in [-0.2, 0) is 23.8 Å². The number of hydrogen-bond donors (Lipinski definition) is 2. The number of aliphatic imine (C=N–C) groups is 1. The average molecular weight is 387 g/mol. The van der Waals surface area contributed by atoms with Crippen molar-refractivity contribution in [1.29, 1.82) is 0 Å². The quantitative estimate of drug-likeness (QED) is 0.135. The fourth-order valence-electron chi connectivity index (χ4n) is 3.49. The monoisotopic (exact) mass is 387 g/mol. The van der Waals surface area contributed by atoms with E-state index in [2.05, 4.69) is 22.0 Å². The lowest BCUT2D eigenvalue weighted by atomic mass is 9.95. The topological polar surface area (TPSA) is 99.0 Å². The van der Waals surface area contributed by atoms with E-state index in [0.29, 0.717) is 31.7 Å². The van der Waals surface area contributed by atoms with Gasteiger partial charge in [-0.2, -0.15) is 0 Å². The Kier molecular flexibility index (Phi) is 11.1. The summed E-state index contributed by atoms with van der Waals surface area (Å²) in [6.45, 7) is 2.42. The van der Waals surface area contributed by atoms with Crippen molar-refractivity contribution in [2.45, 2.75) is 25.0 Å². The number of ether oxygens (including phenoxy) is 4. The van der Waals surface area contributed by atoms with E-state index in [1.807, 2.05) is 0 Å². The normalized spacial score (nSPS) is 26.3. The van der Waals surface area contributed by atoms with E-state index in [1.54, 1.807) is 13.3 Å². The van der Waals surface area contributed by atoms with Crippen molar-refractivity contribution in [3.05, 3.63) is 12.2 Å². The van der Waals surface area contributed by atoms with Crippen LogP contribution in [-0.4, -0.2) is 88.7 Å². The number of rotatable bonds is 16.